The largest absolute Gasteiger partial charge is 0.416 e. The minimum atomic E-state index is -4.51. The van der Waals surface area contributed by atoms with Crippen LogP contribution in [-0.2, 0) is 6.18 Å². The lowest BCUT2D eigenvalue weighted by molar-refractivity contribution is -0.137. The lowest BCUT2D eigenvalue weighted by Gasteiger charge is -2.16. The van der Waals surface area contributed by atoms with Crippen LogP contribution in [0.3, 0.4) is 0 Å². The summed E-state index contributed by atoms with van der Waals surface area (Å²) in [5, 5.41) is 6.01. The fourth-order valence-electron chi connectivity index (χ4n) is 2.48. The number of nitrogens with one attached hydrogen (secondary N) is 2. The molecule has 8 heteroatoms. The van der Waals surface area contributed by atoms with Gasteiger partial charge in [0.2, 0.25) is 0 Å². The molecular weight excluding hydrogens is 391 g/mol. The van der Waals surface area contributed by atoms with E-state index < -0.39 is 17.6 Å². The minimum Gasteiger partial charge on any atom is -0.364 e. The number of hydrogen-bond acceptors (Lipinski definition) is 3. The highest BCUT2D eigenvalue weighted by Gasteiger charge is 2.30. The van der Waals surface area contributed by atoms with E-state index in [1.54, 1.807) is 25.1 Å². The normalized spacial score (nSPS) is 13.0. The van der Waals surface area contributed by atoms with Gasteiger partial charge >= 0.3 is 6.18 Å². The molecule has 0 aliphatic carbocycles. The molecule has 2 N–H and O–H groups in total. The van der Waals surface area contributed by atoms with Crippen LogP contribution in [0.2, 0.25) is 0 Å². The molecule has 1 amide bonds. The van der Waals surface area contributed by atoms with Gasteiger partial charge < -0.3 is 10.6 Å². The van der Waals surface area contributed by atoms with E-state index >= 15 is 0 Å². The van der Waals surface area contributed by atoms with E-state index in [4.69, 9.17) is 11.6 Å². The number of nitrogens with zero attached hydrogens (tertiary/aromatic N) is 1. The van der Waals surface area contributed by atoms with Crippen molar-refractivity contribution in [2.24, 2.45) is 4.99 Å². The molecule has 0 heterocycles. The third-order valence-corrected chi connectivity index (χ3v) is 3.85. The average Bonchev–Trinajstić information content (AvgIpc) is 2.60. The van der Waals surface area contributed by atoms with Gasteiger partial charge in [-0.05, 0) is 49.7 Å². The summed E-state index contributed by atoms with van der Waals surface area (Å²) in [7, 11) is 0. The molecule has 2 rings (SSSR count). The number of alkyl halides is 3. The van der Waals surface area contributed by atoms with Gasteiger partial charge in [0.15, 0.2) is 0 Å². The van der Waals surface area contributed by atoms with Crippen LogP contribution in [0.15, 0.2) is 65.9 Å². The molecule has 2 aromatic rings. The van der Waals surface area contributed by atoms with Crippen LogP contribution in [0.4, 0.5) is 18.9 Å². The van der Waals surface area contributed by atoms with Crippen molar-refractivity contribution in [1.82, 2.24) is 5.32 Å². The summed E-state index contributed by atoms with van der Waals surface area (Å²) in [6.45, 7) is 7.26. The second-order valence-electron chi connectivity index (χ2n) is 6.08. The maximum absolute atomic E-state index is 12.8. The number of rotatable bonds is 6. The number of benzene rings is 2. The third-order valence-electron chi connectivity index (χ3n) is 3.77. The number of carbonyl (C=O) groups excluding carboxylic acids is 1. The van der Waals surface area contributed by atoms with Crippen molar-refractivity contribution in [3.8, 4) is 0 Å². The summed E-state index contributed by atoms with van der Waals surface area (Å²) in [4.78, 5) is 16.3. The monoisotopic (exact) mass is 409 g/mol. The zero-order valence-corrected chi connectivity index (χ0v) is 16.0. The first-order valence-electron chi connectivity index (χ1n) is 8.31. The Balaban J connectivity index is 2.13. The van der Waals surface area contributed by atoms with E-state index in [2.05, 4.69) is 22.2 Å². The zero-order valence-electron chi connectivity index (χ0n) is 15.3. The molecule has 0 spiro atoms. The van der Waals surface area contributed by atoms with Crippen molar-refractivity contribution in [3.63, 3.8) is 0 Å². The summed E-state index contributed by atoms with van der Waals surface area (Å²) in [5.74, 6) is -0.242. The fourth-order valence-corrected chi connectivity index (χ4v) is 2.58. The van der Waals surface area contributed by atoms with Crippen molar-refractivity contribution in [2.45, 2.75) is 26.1 Å². The Hall–Kier alpha value is -2.80. The molecule has 0 aromatic heterocycles. The van der Waals surface area contributed by atoms with E-state index in [1.165, 1.54) is 12.1 Å². The van der Waals surface area contributed by atoms with Gasteiger partial charge in [-0.3, -0.25) is 4.79 Å². The van der Waals surface area contributed by atoms with Gasteiger partial charge in [0.05, 0.1) is 5.56 Å². The highest BCUT2D eigenvalue weighted by molar-refractivity contribution is 6.64. The zero-order chi connectivity index (χ0) is 20.9. The maximum Gasteiger partial charge on any atom is 0.416 e. The predicted molar refractivity (Wildman–Crippen MR) is 105 cm³/mol. The average molecular weight is 410 g/mol. The topological polar surface area (TPSA) is 53.5 Å². The highest BCUT2D eigenvalue weighted by Crippen LogP contribution is 2.29. The van der Waals surface area contributed by atoms with Crippen molar-refractivity contribution in [2.75, 3.05) is 5.32 Å². The van der Waals surface area contributed by atoms with Crippen LogP contribution < -0.4 is 10.6 Å². The van der Waals surface area contributed by atoms with Gasteiger partial charge in [-0.25, -0.2) is 4.99 Å². The molecule has 0 saturated heterocycles. The fraction of sp³-hybridized carbons (Fsp3) is 0.200. The molecule has 0 radical (unpaired) electrons. The van der Waals surface area contributed by atoms with Crippen molar-refractivity contribution < 1.29 is 18.0 Å². The molecule has 28 heavy (non-hydrogen) atoms. The first-order chi connectivity index (χ1) is 13.1. The van der Waals surface area contributed by atoms with E-state index in [9.17, 15) is 18.0 Å². The Kier molecular flexibility index (Phi) is 6.85. The summed E-state index contributed by atoms with van der Waals surface area (Å²) in [6.07, 6.45) is -4.51. The van der Waals surface area contributed by atoms with Crippen LogP contribution in [0.5, 0.6) is 0 Å². The molecule has 0 fully saturated rings. The number of anilines is 1. The number of halogens is 4. The molecule has 148 valence electrons. The molecule has 4 nitrogen and oxygen atoms in total. The Morgan fingerprint density at radius 2 is 1.86 bits per heavy atom. The van der Waals surface area contributed by atoms with Crippen LogP contribution in [0.25, 0.3) is 0 Å². The van der Waals surface area contributed by atoms with E-state index in [0.29, 0.717) is 16.7 Å². The van der Waals surface area contributed by atoms with Gasteiger partial charge in [-0.15, -0.1) is 0 Å². The van der Waals surface area contributed by atoms with Crippen molar-refractivity contribution in [3.05, 3.63) is 77.6 Å². The molecule has 0 aliphatic heterocycles. The predicted octanol–water partition coefficient (Wildman–Crippen LogP) is 5.74. The third kappa shape index (κ3) is 6.13. The summed E-state index contributed by atoms with van der Waals surface area (Å²) in [6, 6.07) is 11.0. The highest BCUT2D eigenvalue weighted by atomic mass is 35.5. The van der Waals surface area contributed by atoms with Gasteiger partial charge in [0.1, 0.15) is 11.0 Å². The van der Waals surface area contributed by atoms with Crippen LogP contribution >= 0.6 is 11.6 Å². The first-order valence-corrected chi connectivity index (χ1v) is 8.69. The standard InChI is InChI=1S/C20H19ClF3N3O/c1-12(25-14(3)26-13(2)21)15-6-5-9-18(11-15)27-19(28)16-7-4-8-17(10-16)20(22,23)24/h4-12,25H,3H2,1-2H3,(H,27,28). The van der Waals surface area contributed by atoms with E-state index in [1.807, 2.05) is 13.0 Å². The quantitative estimate of drug-likeness (QED) is 0.598. The lowest BCUT2D eigenvalue weighted by atomic mass is 10.1. The van der Waals surface area contributed by atoms with E-state index in [0.717, 1.165) is 17.7 Å². The maximum atomic E-state index is 12.8. The van der Waals surface area contributed by atoms with Gasteiger partial charge in [0.25, 0.3) is 5.91 Å². The van der Waals surface area contributed by atoms with Gasteiger partial charge in [-0.1, -0.05) is 36.4 Å². The Labute approximate surface area is 166 Å². The van der Waals surface area contributed by atoms with Crippen LogP contribution in [-0.4, -0.2) is 11.1 Å². The molecular formula is C20H19ClF3N3O. The summed E-state index contributed by atoms with van der Waals surface area (Å²) < 4.78 is 38.5. The van der Waals surface area contributed by atoms with Crippen LogP contribution in [0.1, 0.15) is 41.4 Å². The lowest BCUT2D eigenvalue weighted by Crippen LogP contribution is -2.17. The molecule has 0 bridgehead atoms. The Morgan fingerprint density at radius 1 is 1.18 bits per heavy atom. The minimum absolute atomic E-state index is 0.0771. The van der Waals surface area contributed by atoms with E-state index in [-0.39, 0.29) is 11.6 Å². The number of hydrogen-bond donors (Lipinski definition) is 2. The second-order valence-corrected chi connectivity index (χ2v) is 6.63. The second kappa shape index (κ2) is 8.93. The molecule has 1 unspecified atom stereocenters. The number of aliphatic imine (C=N–C) groups is 1. The first kappa shape index (κ1) is 21.5. The van der Waals surface area contributed by atoms with Gasteiger partial charge in [-0.2, -0.15) is 13.2 Å². The number of amides is 1. The molecule has 0 saturated carbocycles. The molecule has 2 aromatic carbocycles. The molecule has 0 aliphatic rings. The van der Waals surface area contributed by atoms with Crippen molar-refractivity contribution >= 4 is 28.4 Å². The smallest absolute Gasteiger partial charge is 0.364 e. The number of carbonyl (C=O) groups is 1. The summed E-state index contributed by atoms with van der Waals surface area (Å²) in [5.41, 5.74) is 0.327. The van der Waals surface area contributed by atoms with Crippen LogP contribution in [0, 0.1) is 0 Å². The van der Waals surface area contributed by atoms with Crippen molar-refractivity contribution in [1.29, 1.82) is 0 Å². The summed E-state index contributed by atoms with van der Waals surface area (Å²) >= 11 is 5.71. The SMILES string of the molecule is C=C(N=C(C)Cl)NC(C)c1cccc(NC(=O)c2cccc(C(F)(F)F)c2)c1. The van der Waals surface area contributed by atoms with Gasteiger partial charge in [0, 0.05) is 17.3 Å². The molecule has 1 atom stereocenters. The Morgan fingerprint density at radius 3 is 2.50 bits per heavy atom. The Bertz CT molecular complexity index is 906.